The Labute approximate surface area is 116 Å². The first kappa shape index (κ1) is 12.1. The van der Waals surface area contributed by atoms with Crippen molar-refractivity contribution >= 4 is 23.4 Å². The molecule has 2 aromatic rings. The predicted octanol–water partition coefficient (Wildman–Crippen LogP) is 4.70. The van der Waals surface area contributed by atoms with E-state index in [1.807, 2.05) is 24.3 Å². The first-order chi connectivity index (χ1) is 8.83. The van der Waals surface area contributed by atoms with Gasteiger partial charge in [0.05, 0.1) is 6.61 Å². The van der Waals surface area contributed by atoms with Crippen LogP contribution in [0.1, 0.15) is 16.6 Å². The zero-order chi connectivity index (χ0) is 12.4. The number of benzene rings is 2. The molecule has 1 aliphatic heterocycles. The van der Waals surface area contributed by atoms with E-state index in [9.17, 15) is 0 Å². The number of rotatable bonds is 2. The van der Waals surface area contributed by atoms with Gasteiger partial charge in [0, 0.05) is 9.92 Å². The van der Waals surface area contributed by atoms with Gasteiger partial charge in [0.1, 0.15) is 5.44 Å². The van der Waals surface area contributed by atoms with E-state index in [1.54, 1.807) is 11.8 Å². The summed E-state index contributed by atoms with van der Waals surface area (Å²) in [5.74, 6) is 0. The van der Waals surface area contributed by atoms with Crippen LogP contribution < -0.4 is 0 Å². The minimum absolute atomic E-state index is 0.0936. The van der Waals surface area contributed by atoms with Crippen molar-refractivity contribution in [3.05, 3.63) is 64.7 Å². The van der Waals surface area contributed by atoms with Crippen LogP contribution in [0, 0.1) is 0 Å². The lowest BCUT2D eigenvalue weighted by Crippen LogP contribution is -2.13. The number of hydrogen-bond acceptors (Lipinski definition) is 2. The van der Waals surface area contributed by atoms with Crippen LogP contribution in [0.5, 0.6) is 0 Å². The molecule has 3 rings (SSSR count). The number of hydrogen-bond donors (Lipinski definition) is 0. The van der Waals surface area contributed by atoms with Crippen molar-refractivity contribution in [3.8, 4) is 0 Å². The number of fused-ring (bicyclic) bond motifs is 1. The second-order valence-corrected chi connectivity index (χ2v) is 5.79. The fourth-order valence-electron chi connectivity index (χ4n) is 2.09. The zero-order valence-electron chi connectivity index (χ0n) is 9.80. The van der Waals surface area contributed by atoms with Crippen LogP contribution in [0.3, 0.4) is 0 Å². The average Bonchev–Trinajstić information content (AvgIpc) is 2.42. The van der Waals surface area contributed by atoms with Crippen molar-refractivity contribution in [1.82, 2.24) is 0 Å². The van der Waals surface area contributed by atoms with Crippen LogP contribution in [0.2, 0.25) is 5.02 Å². The minimum Gasteiger partial charge on any atom is -0.362 e. The number of ether oxygens (including phenoxy) is 1. The second-order valence-electron chi connectivity index (χ2n) is 4.22. The Kier molecular flexibility index (Phi) is 3.59. The van der Waals surface area contributed by atoms with E-state index < -0.39 is 0 Å². The predicted molar refractivity (Wildman–Crippen MR) is 76.1 cm³/mol. The van der Waals surface area contributed by atoms with Crippen molar-refractivity contribution in [2.45, 2.75) is 16.8 Å². The van der Waals surface area contributed by atoms with E-state index in [4.69, 9.17) is 16.3 Å². The molecular weight excluding hydrogens is 264 g/mol. The number of thioether (sulfide) groups is 1. The topological polar surface area (TPSA) is 9.23 Å². The lowest BCUT2D eigenvalue weighted by Gasteiger charge is -2.25. The standard InChI is InChI=1S/C15H13ClOS/c16-12-5-7-13(8-6-12)18-15-14-4-2-1-3-11(14)9-10-17-15/h1-8,15H,9-10H2. The third-order valence-corrected chi connectivity index (χ3v) is 4.41. The van der Waals surface area contributed by atoms with E-state index >= 15 is 0 Å². The molecule has 0 bridgehead atoms. The molecule has 0 amide bonds. The molecule has 0 radical (unpaired) electrons. The largest absolute Gasteiger partial charge is 0.362 e. The molecule has 92 valence electrons. The highest BCUT2D eigenvalue weighted by Crippen LogP contribution is 2.40. The van der Waals surface area contributed by atoms with Crippen molar-refractivity contribution in [3.63, 3.8) is 0 Å². The van der Waals surface area contributed by atoms with Gasteiger partial charge < -0.3 is 4.74 Å². The van der Waals surface area contributed by atoms with E-state index in [0.29, 0.717) is 0 Å². The van der Waals surface area contributed by atoms with Gasteiger partial charge in [-0.05, 0) is 41.8 Å². The first-order valence-electron chi connectivity index (χ1n) is 5.94. The van der Waals surface area contributed by atoms with Gasteiger partial charge in [-0.25, -0.2) is 0 Å². The van der Waals surface area contributed by atoms with Crippen molar-refractivity contribution < 1.29 is 4.74 Å². The summed E-state index contributed by atoms with van der Waals surface area (Å²) in [5, 5.41) is 0.768. The fraction of sp³-hybridized carbons (Fsp3) is 0.200. The Balaban J connectivity index is 1.84. The van der Waals surface area contributed by atoms with Gasteiger partial charge in [0.2, 0.25) is 0 Å². The summed E-state index contributed by atoms with van der Waals surface area (Å²) in [5.41, 5.74) is 2.79. The molecule has 0 aliphatic carbocycles. The van der Waals surface area contributed by atoms with Crippen LogP contribution in [-0.2, 0) is 11.2 Å². The van der Waals surface area contributed by atoms with Crippen LogP contribution >= 0.6 is 23.4 Å². The maximum atomic E-state index is 5.89. The highest BCUT2D eigenvalue weighted by molar-refractivity contribution is 7.99. The quantitative estimate of drug-likeness (QED) is 0.786. The molecule has 0 spiro atoms. The maximum absolute atomic E-state index is 5.89. The lowest BCUT2D eigenvalue weighted by atomic mass is 10.0. The van der Waals surface area contributed by atoms with Crippen LogP contribution in [0.15, 0.2) is 53.4 Å². The molecule has 1 unspecified atom stereocenters. The monoisotopic (exact) mass is 276 g/mol. The Morgan fingerprint density at radius 1 is 1.06 bits per heavy atom. The molecule has 1 nitrogen and oxygen atoms in total. The minimum atomic E-state index is 0.0936. The van der Waals surface area contributed by atoms with E-state index in [2.05, 4.69) is 24.3 Å². The second kappa shape index (κ2) is 5.35. The van der Waals surface area contributed by atoms with Crippen LogP contribution in [-0.4, -0.2) is 6.61 Å². The molecule has 1 atom stereocenters. The Morgan fingerprint density at radius 3 is 2.67 bits per heavy atom. The van der Waals surface area contributed by atoms with Crippen LogP contribution in [0.25, 0.3) is 0 Å². The fourth-order valence-corrected chi connectivity index (χ4v) is 3.28. The number of halogens is 1. The molecule has 18 heavy (non-hydrogen) atoms. The normalized spacial score (nSPS) is 18.4. The summed E-state index contributed by atoms with van der Waals surface area (Å²) in [6, 6.07) is 16.4. The van der Waals surface area contributed by atoms with E-state index in [0.717, 1.165) is 18.1 Å². The molecule has 0 N–H and O–H groups in total. The SMILES string of the molecule is Clc1ccc(SC2OCCc3ccccc32)cc1. The molecule has 2 aromatic carbocycles. The highest BCUT2D eigenvalue weighted by Gasteiger charge is 2.21. The van der Waals surface area contributed by atoms with Crippen molar-refractivity contribution in [2.24, 2.45) is 0 Å². The third kappa shape index (κ3) is 2.56. The van der Waals surface area contributed by atoms with Gasteiger partial charge >= 0.3 is 0 Å². The van der Waals surface area contributed by atoms with Gasteiger partial charge in [-0.3, -0.25) is 0 Å². The van der Waals surface area contributed by atoms with Gasteiger partial charge in [0.25, 0.3) is 0 Å². The molecule has 0 saturated carbocycles. The van der Waals surface area contributed by atoms with E-state index in [1.165, 1.54) is 16.0 Å². The lowest BCUT2D eigenvalue weighted by molar-refractivity contribution is 0.103. The summed E-state index contributed by atoms with van der Waals surface area (Å²) in [7, 11) is 0. The average molecular weight is 277 g/mol. The molecule has 0 aromatic heterocycles. The summed E-state index contributed by atoms with van der Waals surface area (Å²) < 4.78 is 5.87. The summed E-state index contributed by atoms with van der Waals surface area (Å²) in [6.45, 7) is 0.794. The molecule has 1 aliphatic rings. The van der Waals surface area contributed by atoms with E-state index in [-0.39, 0.29) is 5.44 Å². The zero-order valence-corrected chi connectivity index (χ0v) is 11.4. The van der Waals surface area contributed by atoms with Gasteiger partial charge in [-0.15, -0.1) is 0 Å². The first-order valence-corrected chi connectivity index (χ1v) is 7.20. The molecule has 0 saturated heterocycles. The molecule has 3 heteroatoms. The Hall–Kier alpha value is -0.960. The Morgan fingerprint density at radius 2 is 1.83 bits per heavy atom. The molecular formula is C15H13ClOS. The summed E-state index contributed by atoms with van der Waals surface area (Å²) in [4.78, 5) is 1.18. The van der Waals surface area contributed by atoms with Gasteiger partial charge in [-0.2, -0.15) is 0 Å². The maximum Gasteiger partial charge on any atom is 0.133 e. The Bertz CT molecular complexity index is 538. The van der Waals surface area contributed by atoms with Gasteiger partial charge in [0.15, 0.2) is 0 Å². The molecule has 0 fully saturated rings. The van der Waals surface area contributed by atoms with Crippen molar-refractivity contribution in [2.75, 3.05) is 6.61 Å². The summed E-state index contributed by atoms with van der Waals surface area (Å²) in [6.07, 6.45) is 1.01. The third-order valence-electron chi connectivity index (χ3n) is 3.01. The van der Waals surface area contributed by atoms with Crippen LogP contribution in [0.4, 0.5) is 0 Å². The smallest absolute Gasteiger partial charge is 0.133 e. The molecule has 1 heterocycles. The van der Waals surface area contributed by atoms with Gasteiger partial charge in [-0.1, -0.05) is 47.6 Å². The van der Waals surface area contributed by atoms with Crippen molar-refractivity contribution in [1.29, 1.82) is 0 Å². The highest BCUT2D eigenvalue weighted by atomic mass is 35.5. The summed E-state index contributed by atoms with van der Waals surface area (Å²) >= 11 is 7.63.